The number of nitriles is 1. The maximum Gasteiger partial charge on any atom is 0.321 e. The van der Waals surface area contributed by atoms with Gasteiger partial charge in [0.25, 0.3) is 0 Å². The molecular formula is C19H18BrNO3. The fraction of sp³-hybridized carbons (Fsp3) is 0.263. The topological polar surface area (TPSA) is 59.3 Å². The maximum atomic E-state index is 12.1. The first-order valence-electron chi connectivity index (χ1n) is 7.58. The minimum atomic E-state index is -0.976. The van der Waals surface area contributed by atoms with Crippen molar-refractivity contribution in [2.45, 2.75) is 24.8 Å². The molecule has 0 aliphatic rings. The molecule has 0 heterocycles. The zero-order chi connectivity index (χ0) is 17.5. The Hall–Kier alpha value is -2.32. The Morgan fingerprint density at radius 1 is 1.08 bits per heavy atom. The summed E-state index contributed by atoms with van der Waals surface area (Å²) in [5.74, 6) is 0.894. The molecule has 0 spiro atoms. The summed E-state index contributed by atoms with van der Waals surface area (Å²) in [4.78, 5) is 11.6. The van der Waals surface area contributed by atoms with Crippen LogP contribution in [-0.2, 0) is 9.53 Å². The lowest BCUT2D eigenvalue weighted by atomic mass is 10.1. The molecule has 2 atom stereocenters. The number of carbonyl (C=O) groups is 1. The minimum Gasteiger partial charge on any atom is -0.457 e. The molecule has 0 aliphatic heterocycles. The van der Waals surface area contributed by atoms with Crippen molar-refractivity contribution < 1.29 is 14.3 Å². The molecule has 0 fully saturated rings. The number of carbonyl (C=O) groups excluding carboxylic acids is 1. The van der Waals surface area contributed by atoms with Gasteiger partial charge in [-0.3, -0.25) is 4.79 Å². The second kappa shape index (κ2) is 8.51. The van der Waals surface area contributed by atoms with Crippen LogP contribution >= 0.6 is 15.9 Å². The molecule has 2 aromatic carbocycles. The van der Waals surface area contributed by atoms with Gasteiger partial charge >= 0.3 is 5.97 Å². The van der Waals surface area contributed by atoms with Crippen molar-refractivity contribution in [3.8, 4) is 17.6 Å². The van der Waals surface area contributed by atoms with Gasteiger partial charge in [-0.1, -0.05) is 60.1 Å². The normalized spacial score (nSPS) is 13.0. The predicted octanol–water partition coefficient (Wildman–Crippen LogP) is 5.01. The van der Waals surface area contributed by atoms with Crippen molar-refractivity contribution in [3.05, 3.63) is 60.2 Å². The van der Waals surface area contributed by atoms with Gasteiger partial charge in [0.1, 0.15) is 22.4 Å². The number of halogens is 1. The van der Waals surface area contributed by atoms with Crippen molar-refractivity contribution in [1.29, 1.82) is 5.26 Å². The van der Waals surface area contributed by atoms with Gasteiger partial charge in [-0.2, -0.15) is 5.26 Å². The van der Waals surface area contributed by atoms with Gasteiger partial charge in [0.05, 0.1) is 0 Å². The molecule has 0 aliphatic carbocycles. The molecule has 0 radical (unpaired) electrons. The highest BCUT2D eigenvalue weighted by molar-refractivity contribution is 9.10. The molecule has 0 bridgehead atoms. The van der Waals surface area contributed by atoms with E-state index in [9.17, 15) is 10.1 Å². The summed E-state index contributed by atoms with van der Waals surface area (Å²) >= 11 is 3.29. The molecule has 5 heteroatoms. The third kappa shape index (κ3) is 4.84. The first kappa shape index (κ1) is 18.0. The fourth-order valence-electron chi connectivity index (χ4n) is 1.99. The SMILES string of the molecule is CC(C)C(Br)C(=O)OC(C#N)c1cccc(Oc2ccccc2)c1. The zero-order valence-electron chi connectivity index (χ0n) is 13.5. The number of ether oxygens (including phenoxy) is 2. The van der Waals surface area contributed by atoms with Crippen molar-refractivity contribution in [2.75, 3.05) is 0 Å². The summed E-state index contributed by atoms with van der Waals surface area (Å²) in [6.45, 7) is 3.80. The number of benzene rings is 2. The molecular weight excluding hydrogens is 370 g/mol. The van der Waals surface area contributed by atoms with E-state index in [-0.39, 0.29) is 5.92 Å². The minimum absolute atomic E-state index is 0.0737. The van der Waals surface area contributed by atoms with Crippen LogP contribution < -0.4 is 4.74 Å². The molecule has 0 N–H and O–H groups in total. The largest absolute Gasteiger partial charge is 0.457 e. The summed E-state index contributed by atoms with van der Waals surface area (Å²) in [6.07, 6.45) is -0.976. The third-order valence-corrected chi connectivity index (χ3v) is 4.73. The van der Waals surface area contributed by atoms with Crippen molar-refractivity contribution in [1.82, 2.24) is 0 Å². The van der Waals surface area contributed by atoms with Gasteiger partial charge in [-0.15, -0.1) is 0 Å². The predicted molar refractivity (Wildman–Crippen MR) is 95.0 cm³/mol. The van der Waals surface area contributed by atoms with Crippen LogP contribution in [0.2, 0.25) is 0 Å². The van der Waals surface area contributed by atoms with E-state index in [0.717, 1.165) is 0 Å². The molecule has 2 rings (SSSR count). The second-order valence-corrected chi connectivity index (χ2v) is 6.57. The molecule has 0 saturated carbocycles. The fourth-order valence-corrected chi connectivity index (χ4v) is 2.10. The molecule has 24 heavy (non-hydrogen) atoms. The van der Waals surface area contributed by atoms with Crippen LogP contribution in [0.5, 0.6) is 11.5 Å². The maximum absolute atomic E-state index is 12.1. The second-order valence-electron chi connectivity index (χ2n) is 5.58. The van der Waals surface area contributed by atoms with Gasteiger partial charge in [-0.25, -0.2) is 0 Å². The van der Waals surface area contributed by atoms with Gasteiger partial charge in [0.2, 0.25) is 6.10 Å². The van der Waals surface area contributed by atoms with E-state index in [0.29, 0.717) is 17.1 Å². The molecule has 2 aromatic rings. The van der Waals surface area contributed by atoms with Crippen LogP contribution in [0.15, 0.2) is 54.6 Å². The number of para-hydroxylation sites is 1. The van der Waals surface area contributed by atoms with Crippen molar-refractivity contribution in [3.63, 3.8) is 0 Å². The van der Waals surface area contributed by atoms with Gasteiger partial charge in [0.15, 0.2) is 0 Å². The lowest BCUT2D eigenvalue weighted by Gasteiger charge is -2.17. The molecule has 0 aromatic heterocycles. The molecule has 4 nitrogen and oxygen atoms in total. The molecule has 0 amide bonds. The van der Waals surface area contributed by atoms with Crippen LogP contribution in [0.25, 0.3) is 0 Å². The van der Waals surface area contributed by atoms with E-state index < -0.39 is 16.9 Å². The Labute approximate surface area is 150 Å². The number of rotatable bonds is 6. The quantitative estimate of drug-likeness (QED) is 0.516. The summed E-state index contributed by atoms with van der Waals surface area (Å²) in [6, 6.07) is 18.3. The summed E-state index contributed by atoms with van der Waals surface area (Å²) in [7, 11) is 0. The monoisotopic (exact) mass is 387 g/mol. The first-order valence-corrected chi connectivity index (χ1v) is 8.50. The summed E-state index contributed by atoms with van der Waals surface area (Å²) in [5.41, 5.74) is 0.572. The van der Waals surface area contributed by atoms with Gasteiger partial charge in [0, 0.05) is 5.56 Å². The molecule has 0 saturated heterocycles. The smallest absolute Gasteiger partial charge is 0.321 e. The molecule has 124 valence electrons. The van der Waals surface area contributed by atoms with Crippen LogP contribution in [0.4, 0.5) is 0 Å². The standard InChI is InChI=1S/C19H18BrNO3/c1-13(2)18(20)19(22)24-17(12-21)14-7-6-10-16(11-14)23-15-8-4-3-5-9-15/h3-11,13,17-18H,1-2H3. The molecule has 2 unspecified atom stereocenters. The van der Waals surface area contributed by atoms with E-state index in [1.165, 1.54) is 0 Å². The number of hydrogen-bond acceptors (Lipinski definition) is 4. The van der Waals surface area contributed by atoms with Crippen molar-refractivity contribution in [2.24, 2.45) is 5.92 Å². The lowest BCUT2D eigenvalue weighted by molar-refractivity contribution is -0.146. The average molecular weight is 388 g/mol. The Morgan fingerprint density at radius 3 is 2.38 bits per heavy atom. The Bertz CT molecular complexity index is 725. The average Bonchev–Trinajstić information content (AvgIpc) is 2.59. The number of alkyl halides is 1. The zero-order valence-corrected chi connectivity index (χ0v) is 15.1. The van der Waals surface area contributed by atoms with Crippen LogP contribution in [0.1, 0.15) is 25.5 Å². The van der Waals surface area contributed by atoms with Crippen molar-refractivity contribution >= 4 is 21.9 Å². The number of hydrogen-bond donors (Lipinski definition) is 0. The van der Waals surface area contributed by atoms with Crippen LogP contribution in [-0.4, -0.2) is 10.8 Å². The Kier molecular flexibility index (Phi) is 6.39. The summed E-state index contributed by atoms with van der Waals surface area (Å²) < 4.78 is 11.1. The van der Waals surface area contributed by atoms with E-state index in [4.69, 9.17) is 9.47 Å². The first-order chi connectivity index (χ1) is 11.5. The Balaban J connectivity index is 2.13. The highest BCUT2D eigenvalue weighted by atomic mass is 79.9. The van der Waals surface area contributed by atoms with Crippen LogP contribution in [0, 0.1) is 17.2 Å². The highest BCUT2D eigenvalue weighted by Crippen LogP contribution is 2.27. The van der Waals surface area contributed by atoms with Gasteiger partial charge in [-0.05, 0) is 30.2 Å². The lowest BCUT2D eigenvalue weighted by Crippen LogP contribution is -2.24. The van der Waals surface area contributed by atoms with Gasteiger partial charge < -0.3 is 9.47 Å². The Morgan fingerprint density at radius 2 is 1.75 bits per heavy atom. The highest BCUT2D eigenvalue weighted by Gasteiger charge is 2.24. The number of esters is 1. The third-order valence-electron chi connectivity index (χ3n) is 3.30. The van der Waals surface area contributed by atoms with E-state index in [2.05, 4.69) is 15.9 Å². The van der Waals surface area contributed by atoms with Crippen LogP contribution in [0.3, 0.4) is 0 Å². The number of nitrogens with zero attached hydrogens (tertiary/aromatic N) is 1. The van der Waals surface area contributed by atoms with E-state index >= 15 is 0 Å². The van der Waals surface area contributed by atoms with E-state index in [1.54, 1.807) is 24.3 Å². The van der Waals surface area contributed by atoms with E-state index in [1.807, 2.05) is 50.2 Å². The summed E-state index contributed by atoms with van der Waals surface area (Å²) in [5, 5.41) is 9.35.